The summed E-state index contributed by atoms with van der Waals surface area (Å²) in [4.78, 5) is 13.3. The number of hydrogen-bond donors (Lipinski definition) is 1. The molecule has 0 aromatic rings. The van der Waals surface area contributed by atoms with Gasteiger partial charge in [0.05, 0.1) is 5.54 Å². The molecule has 1 amide bonds. The Labute approximate surface area is 67.5 Å². The number of hydrogen-bond acceptors (Lipinski definition) is 2. The highest BCUT2D eigenvalue weighted by Gasteiger charge is 2.47. The second-order valence-electron chi connectivity index (χ2n) is 3.13. The summed E-state index contributed by atoms with van der Waals surface area (Å²) in [5, 5.41) is 0. The number of amides is 1. The molecule has 0 heterocycles. The summed E-state index contributed by atoms with van der Waals surface area (Å²) >= 11 is 0. The lowest BCUT2D eigenvalue weighted by Gasteiger charge is -2.22. The highest BCUT2D eigenvalue weighted by Crippen LogP contribution is 2.33. The Morgan fingerprint density at radius 2 is 1.91 bits per heavy atom. The second kappa shape index (κ2) is 2.81. The van der Waals surface area contributed by atoms with Crippen LogP contribution in [0.3, 0.4) is 0 Å². The van der Waals surface area contributed by atoms with Gasteiger partial charge in [-0.1, -0.05) is 0 Å². The number of likely N-dealkylation sites (N-methyl/N-ethyl adjacent to an activating group) is 1. The number of carbonyl (C=O) groups is 1. The summed E-state index contributed by atoms with van der Waals surface area (Å²) in [6.07, 6.45) is 1.73. The third kappa shape index (κ3) is 1.53. The molecule has 1 aliphatic rings. The lowest BCUT2D eigenvalue weighted by Crippen LogP contribution is -2.45. The average molecular weight is 156 g/mol. The summed E-state index contributed by atoms with van der Waals surface area (Å²) < 4.78 is 0. The molecule has 1 saturated carbocycles. The molecule has 0 spiro atoms. The molecule has 11 heavy (non-hydrogen) atoms. The van der Waals surface area contributed by atoms with E-state index in [0.717, 1.165) is 25.9 Å². The standard InChI is InChI=1S/C8H16N2O/c1-3-10(4-2)7(11)8(9)5-6-8/h3-6,9H2,1-2H3. The summed E-state index contributed by atoms with van der Waals surface area (Å²) in [7, 11) is 0. The molecule has 0 unspecified atom stereocenters. The van der Waals surface area contributed by atoms with Gasteiger partial charge in [0.2, 0.25) is 5.91 Å². The van der Waals surface area contributed by atoms with Gasteiger partial charge < -0.3 is 10.6 Å². The maximum absolute atomic E-state index is 11.5. The lowest BCUT2D eigenvalue weighted by molar-refractivity contribution is -0.133. The molecule has 1 rings (SSSR count). The van der Waals surface area contributed by atoms with E-state index in [9.17, 15) is 4.79 Å². The van der Waals surface area contributed by atoms with E-state index in [1.165, 1.54) is 0 Å². The predicted octanol–water partition coefficient (Wildman–Crippen LogP) is 0.346. The van der Waals surface area contributed by atoms with Gasteiger partial charge in [-0.25, -0.2) is 0 Å². The molecule has 64 valence electrons. The highest BCUT2D eigenvalue weighted by atomic mass is 16.2. The van der Waals surface area contributed by atoms with Gasteiger partial charge in [-0.2, -0.15) is 0 Å². The molecule has 0 radical (unpaired) electrons. The minimum Gasteiger partial charge on any atom is -0.342 e. The zero-order valence-electron chi connectivity index (χ0n) is 7.26. The number of carbonyl (C=O) groups excluding carboxylic acids is 1. The SMILES string of the molecule is CCN(CC)C(=O)C1(N)CC1. The monoisotopic (exact) mass is 156 g/mol. The Morgan fingerprint density at radius 3 is 2.18 bits per heavy atom. The summed E-state index contributed by atoms with van der Waals surface area (Å²) in [6.45, 7) is 5.50. The Bertz CT molecular complexity index is 159. The van der Waals surface area contributed by atoms with Crippen molar-refractivity contribution in [1.82, 2.24) is 4.90 Å². The Morgan fingerprint density at radius 1 is 1.45 bits per heavy atom. The van der Waals surface area contributed by atoms with Crippen LogP contribution in [0.5, 0.6) is 0 Å². The van der Waals surface area contributed by atoms with Crippen LogP contribution in [0.15, 0.2) is 0 Å². The van der Waals surface area contributed by atoms with Crippen LogP contribution in [0.2, 0.25) is 0 Å². The fourth-order valence-electron chi connectivity index (χ4n) is 1.17. The first-order valence-electron chi connectivity index (χ1n) is 4.22. The first kappa shape index (κ1) is 8.53. The van der Waals surface area contributed by atoms with Crippen LogP contribution in [0.4, 0.5) is 0 Å². The van der Waals surface area contributed by atoms with Crippen molar-refractivity contribution in [2.75, 3.05) is 13.1 Å². The molecular formula is C8H16N2O. The Hall–Kier alpha value is -0.570. The molecule has 0 atom stereocenters. The largest absolute Gasteiger partial charge is 0.342 e. The predicted molar refractivity (Wildman–Crippen MR) is 44.1 cm³/mol. The summed E-state index contributed by atoms with van der Waals surface area (Å²) in [5.41, 5.74) is 5.27. The van der Waals surface area contributed by atoms with Crippen LogP contribution in [0, 0.1) is 0 Å². The van der Waals surface area contributed by atoms with E-state index in [2.05, 4.69) is 0 Å². The number of nitrogens with two attached hydrogens (primary N) is 1. The summed E-state index contributed by atoms with van der Waals surface area (Å²) in [5.74, 6) is 0.127. The van der Waals surface area contributed by atoms with Gasteiger partial charge in [0, 0.05) is 13.1 Å². The topological polar surface area (TPSA) is 46.3 Å². The van der Waals surface area contributed by atoms with Crippen LogP contribution in [-0.4, -0.2) is 29.4 Å². The van der Waals surface area contributed by atoms with Crippen LogP contribution in [0.25, 0.3) is 0 Å². The van der Waals surface area contributed by atoms with Crippen molar-refractivity contribution in [2.24, 2.45) is 5.73 Å². The van der Waals surface area contributed by atoms with Crippen molar-refractivity contribution in [1.29, 1.82) is 0 Å². The van der Waals surface area contributed by atoms with E-state index in [4.69, 9.17) is 5.73 Å². The van der Waals surface area contributed by atoms with Crippen LogP contribution in [0.1, 0.15) is 26.7 Å². The lowest BCUT2D eigenvalue weighted by atomic mass is 10.2. The van der Waals surface area contributed by atoms with E-state index >= 15 is 0 Å². The fraction of sp³-hybridized carbons (Fsp3) is 0.875. The van der Waals surface area contributed by atoms with Crippen LogP contribution < -0.4 is 5.73 Å². The normalized spacial score (nSPS) is 19.5. The average Bonchev–Trinajstić information content (AvgIpc) is 2.72. The van der Waals surface area contributed by atoms with Gasteiger partial charge >= 0.3 is 0 Å². The molecule has 3 nitrogen and oxygen atoms in total. The Balaban J connectivity index is 2.51. The maximum Gasteiger partial charge on any atom is 0.242 e. The van der Waals surface area contributed by atoms with Gasteiger partial charge in [-0.3, -0.25) is 4.79 Å². The van der Waals surface area contributed by atoms with Crippen LogP contribution in [-0.2, 0) is 4.79 Å². The molecule has 3 heteroatoms. The van der Waals surface area contributed by atoms with Crippen molar-refractivity contribution in [3.63, 3.8) is 0 Å². The van der Waals surface area contributed by atoms with E-state index in [1.807, 2.05) is 13.8 Å². The number of nitrogens with zero attached hydrogens (tertiary/aromatic N) is 1. The van der Waals surface area contributed by atoms with Gasteiger partial charge in [0.1, 0.15) is 0 Å². The van der Waals surface area contributed by atoms with Crippen molar-refractivity contribution in [3.8, 4) is 0 Å². The minimum absolute atomic E-state index is 0.127. The van der Waals surface area contributed by atoms with Crippen molar-refractivity contribution in [2.45, 2.75) is 32.2 Å². The first-order valence-corrected chi connectivity index (χ1v) is 4.22. The molecule has 1 fully saturated rings. The first-order chi connectivity index (χ1) is 5.14. The van der Waals surface area contributed by atoms with E-state index in [-0.39, 0.29) is 5.91 Å². The molecule has 0 bridgehead atoms. The molecule has 1 aliphatic carbocycles. The number of rotatable bonds is 3. The van der Waals surface area contributed by atoms with Crippen molar-refractivity contribution >= 4 is 5.91 Å². The molecule has 0 aliphatic heterocycles. The fourth-order valence-corrected chi connectivity index (χ4v) is 1.17. The highest BCUT2D eigenvalue weighted by molar-refractivity contribution is 5.89. The molecule has 0 aromatic heterocycles. The molecule has 2 N–H and O–H groups in total. The molecule has 0 aromatic carbocycles. The van der Waals surface area contributed by atoms with Crippen LogP contribution >= 0.6 is 0 Å². The smallest absolute Gasteiger partial charge is 0.242 e. The quantitative estimate of drug-likeness (QED) is 0.640. The van der Waals surface area contributed by atoms with Gasteiger partial charge in [-0.05, 0) is 26.7 Å². The van der Waals surface area contributed by atoms with Crippen molar-refractivity contribution in [3.05, 3.63) is 0 Å². The zero-order valence-corrected chi connectivity index (χ0v) is 7.26. The second-order valence-corrected chi connectivity index (χ2v) is 3.13. The minimum atomic E-state index is -0.480. The zero-order chi connectivity index (χ0) is 8.48. The molecule has 0 saturated heterocycles. The van der Waals surface area contributed by atoms with Gasteiger partial charge in [0.15, 0.2) is 0 Å². The summed E-state index contributed by atoms with van der Waals surface area (Å²) in [6, 6.07) is 0. The van der Waals surface area contributed by atoms with Gasteiger partial charge in [0.25, 0.3) is 0 Å². The third-order valence-electron chi connectivity index (χ3n) is 2.27. The van der Waals surface area contributed by atoms with Gasteiger partial charge in [-0.15, -0.1) is 0 Å². The van der Waals surface area contributed by atoms with E-state index < -0.39 is 5.54 Å². The molecular weight excluding hydrogens is 140 g/mol. The van der Waals surface area contributed by atoms with E-state index in [1.54, 1.807) is 4.90 Å². The van der Waals surface area contributed by atoms with Crippen molar-refractivity contribution < 1.29 is 4.79 Å². The maximum atomic E-state index is 11.5. The Kier molecular flexibility index (Phi) is 2.18. The third-order valence-corrected chi connectivity index (χ3v) is 2.27. The van der Waals surface area contributed by atoms with E-state index in [0.29, 0.717) is 0 Å².